The lowest BCUT2D eigenvalue weighted by Gasteiger charge is -2.18. The molecule has 176 valence electrons. The first kappa shape index (κ1) is 23.7. The van der Waals surface area contributed by atoms with E-state index in [0.29, 0.717) is 23.8 Å². The van der Waals surface area contributed by atoms with Crippen molar-refractivity contribution in [3.63, 3.8) is 0 Å². The number of carbonyl (C=O) groups is 1. The first-order valence-electron chi connectivity index (χ1n) is 11.5. The van der Waals surface area contributed by atoms with Crippen LogP contribution in [0.15, 0.2) is 60.8 Å². The summed E-state index contributed by atoms with van der Waals surface area (Å²) in [6.45, 7) is 2.71. The van der Waals surface area contributed by atoms with Crippen LogP contribution in [0.4, 0.5) is 0 Å². The van der Waals surface area contributed by atoms with Crippen molar-refractivity contribution in [2.75, 3.05) is 5.75 Å². The van der Waals surface area contributed by atoms with E-state index in [2.05, 4.69) is 62.6 Å². The van der Waals surface area contributed by atoms with Gasteiger partial charge in [0.05, 0.1) is 6.20 Å². The van der Waals surface area contributed by atoms with E-state index in [-0.39, 0.29) is 11.9 Å². The second-order valence-corrected chi connectivity index (χ2v) is 8.59. The Bertz CT molecular complexity index is 1170. The number of unbranched alkanes of at least 4 members (excludes halogenated alkanes) is 1. The molecule has 0 aliphatic rings. The van der Waals surface area contributed by atoms with Gasteiger partial charge in [-0.25, -0.2) is 4.98 Å². The molecule has 0 saturated heterocycles. The second-order valence-electron chi connectivity index (χ2n) is 8.22. The van der Waals surface area contributed by atoms with Gasteiger partial charge in [-0.1, -0.05) is 67.9 Å². The van der Waals surface area contributed by atoms with Gasteiger partial charge in [0.25, 0.3) is 5.91 Å². The molecule has 2 aromatic heterocycles. The number of hydrogen-bond donors (Lipinski definition) is 3. The molecule has 8 nitrogen and oxygen atoms in total. The van der Waals surface area contributed by atoms with Crippen molar-refractivity contribution < 1.29 is 4.79 Å². The third kappa shape index (κ3) is 5.91. The number of H-pyrrole nitrogens is 1. The molecule has 0 unspecified atom stereocenters. The summed E-state index contributed by atoms with van der Waals surface area (Å²) < 4.78 is 2.02. The number of rotatable bonds is 11. The molecule has 0 aliphatic carbocycles. The standard InChI is InChI=1S/C25H29N7OS/c1-2-3-9-23-26-15-22(25(33)27-21(17-34)14-18-7-5-4-6-8-18)32(23)16-19-10-12-20(13-11-19)24-28-30-31-29-24/h4-8,10-13,15,21,34H,2-3,9,14,16-17H2,1H3,(H,27,33)(H,28,29,30,31)/t21-/m1/s1. The first-order chi connectivity index (χ1) is 16.7. The van der Waals surface area contributed by atoms with E-state index in [1.165, 1.54) is 5.56 Å². The summed E-state index contributed by atoms with van der Waals surface area (Å²) in [4.78, 5) is 17.9. The number of aromatic nitrogens is 6. The molecular formula is C25H29N7OS. The van der Waals surface area contributed by atoms with Crippen LogP contribution in [0.25, 0.3) is 11.4 Å². The summed E-state index contributed by atoms with van der Waals surface area (Å²) in [5.41, 5.74) is 3.67. The highest BCUT2D eigenvalue weighted by molar-refractivity contribution is 7.80. The van der Waals surface area contributed by atoms with E-state index in [1.54, 1.807) is 6.20 Å². The topological polar surface area (TPSA) is 101 Å². The number of benzene rings is 2. The fourth-order valence-electron chi connectivity index (χ4n) is 3.85. The van der Waals surface area contributed by atoms with Crippen LogP contribution in [0.1, 0.15) is 47.2 Å². The van der Waals surface area contributed by atoms with Crippen LogP contribution < -0.4 is 5.32 Å². The van der Waals surface area contributed by atoms with Crippen molar-refractivity contribution >= 4 is 18.5 Å². The largest absolute Gasteiger partial charge is 0.347 e. The van der Waals surface area contributed by atoms with Gasteiger partial charge in [0, 0.05) is 30.3 Å². The summed E-state index contributed by atoms with van der Waals surface area (Å²) in [5, 5.41) is 17.3. The summed E-state index contributed by atoms with van der Waals surface area (Å²) in [7, 11) is 0. The molecule has 1 atom stereocenters. The predicted octanol–water partition coefficient (Wildman–Crippen LogP) is 3.73. The lowest BCUT2D eigenvalue weighted by atomic mass is 10.1. The molecule has 0 bridgehead atoms. The SMILES string of the molecule is CCCCc1ncc(C(=O)N[C@@H](CS)Cc2ccccc2)n1Cc1ccc(-c2nn[nH]n2)cc1. The lowest BCUT2D eigenvalue weighted by Crippen LogP contribution is -2.39. The number of thiol groups is 1. The van der Waals surface area contributed by atoms with E-state index in [9.17, 15) is 4.79 Å². The summed E-state index contributed by atoms with van der Waals surface area (Å²) in [5.74, 6) is 1.89. The Kier molecular flexibility index (Phi) is 8.08. The molecule has 34 heavy (non-hydrogen) atoms. The number of hydrogen-bond acceptors (Lipinski definition) is 6. The number of nitrogens with one attached hydrogen (secondary N) is 2. The average molecular weight is 476 g/mol. The molecule has 0 fully saturated rings. The van der Waals surface area contributed by atoms with Crippen molar-refractivity contribution in [2.24, 2.45) is 0 Å². The molecule has 2 N–H and O–H groups in total. The van der Waals surface area contributed by atoms with Crippen molar-refractivity contribution in [2.45, 2.75) is 45.2 Å². The highest BCUT2D eigenvalue weighted by Crippen LogP contribution is 2.17. The van der Waals surface area contributed by atoms with Gasteiger partial charge in [0.2, 0.25) is 5.82 Å². The highest BCUT2D eigenvalue weighted by Gasteiger charge is 2.20. The lowest BCUT2D eigenvalue weighted by molar-refractivity contribution is 0.0931. The fourth-order valence-corrected chi connectivity index (χ4v) is 4.07. The van der Waals surface area contributed by atoms with Crippen LogP contribution in [0, 0.1) is 0 Å². The minimum absolute atomic E-state index is 0.0741. The quantitative estimate of drug-likeness (QED) is 0.287. The number of aryl methyl sites for hydroxylation is 1. The van der Waals surface area contributed by atoms with Crippen LogP contribution >= 0.6 is 12.6 Å². The highest BCUT2D eigenvalue weighted by atomic mass is 32.1. The van der Waals surface area contributed by atoms with Crippen LogP contribution in [0.3, 0.4) is 0 Å². The number of carbonyl (C=O) groups excluding carboxylic acids is 1. The van der Waals surface area contributed by atoms with Crippen LogP contribution in [-0.4, -0.2) is 47.9 Å². The van der Waals surface area contributed by atoms with Gasteiger partial charge in [-0.15, -0.1) is 10.2 Å². The second kappa shape index (κ2) is 11.6. The number of amides is 1. The van der Waals surface area contributed by atoms with Gasteiger partial charge < -0.3 is 9.88 Å². The fraction of sp³-hybridized carbons (Fsp3) is 0.320. The first-order valence-corrected chi connectivity index (χ1v) is 12.1. The molecule has 0 saturated carbocycles. The Morgan fingerprint density at radius 2 is 1.91 bits per heavy atom. The normalized spacial score (nSPS) is 11.9. The third-order valence-electron chi connectivity index (χ3n) is 5.70. The molecule has 2 aromatic carbocycles. The zero-order valence-electron chi connectivity index (χ0n) is 19.2. The van der Waals surface area contributed by atoms with Gasteiger partial charge in [0.1, 0.15) is 11.5 Å². The van der Waals surface area contributed by atoms with Gasteiger partial charge >= 0.3 is 0 Å². The summed E-state index contributed by atoms with van der Waals surface area (Å²) in [6, 6.07) is 18.0. The molecule has 4 aromatic rings. The molecule has 9 heteroatoms. The molecule has 0 spiro atoms. The number of aromatic amines is 1. The number of nitrogens with zero attached hydrogens (tertiary/aromatic N) is 5. The third-order valence-corrected chi connectivity index (χ3v) is 6.14. The van der Waals surface area contributed by atoms with Gasteiger partial charge in [-0.05, 0) is 29.2 Å². The van der Waals surface area contributed by atoms with Crippen molar-refractivity contribution in [3.05, 3.63) is 83.4 Å². The minimum atomic E-state index is -0.131. The molecule has 2 heterocycles. The van der Waals surface area contributed by atoms with Gasteiger partial charge in [0.15, 0.2) is 0 Å². The predicted molar refractivity (Wildman–Crippen MR) is 135 cm³/mol. The van der Waals surface area contributed by atoms with E-state index in [0.717, 1.165) is 42.6 Å². The molecule has 1 amide bonds. The smallest absolute Gasteiger partial charge is 0.269 e. The maximum atomic E-state index is 13.3. The van der Waals surface area contributed by atoms with Gasteiger partial charge in [-0.3, -0.25) is 4.79 Å². The van der Waals surface area contributed by atoms with Crippen LogP contribution in [0.2, 0.25) is 0 Å². The summed E-state index contributed by atoms with van der Waals surface area (Å²) >= 11 is 4.47. The maximum absolute atomic E-state index is 13.3. The molecule has 0 aliphatic heterocycles. The average Bonchev–Trinajstić information content (AvgIpc) is 3.54. The molecule has 4 rings (SSSR count). The van der Waals surface area contributed by atoms with Gasteiger partial charge in [-0.2, -0.15) is 17.8 Å². The maximum Gasteiger partial charge on any atom is 0.269 e. The van der Waals surface area contributed by atoms with Crippen LogP contribution in [0.5, 0.6) is 0 Å². The van der Waals surface area contributed by atoms with E-state index in [4.69, 9.17) is 0 Å². The zero-order chi connectivity index (χ0) is 23.8. The van der Waals surface area contributed by atoms with Crippen molar-refractivity contribution in [1.82, 2.24) is 35.5 Å². The Hall–Kier alpha value is -3.46. The van der Waals surface area contributed by atoms with E-state index >= 15 is 0 Å². The molecule has 0 radical (unpaired) electrons. The Morgan fingerprint density at radius 3 is 2.59 bits per heavy atom. The van der Waals surface area contributed by atoms with Crippen LogP contribution in [-0.2, 0) is 19.4 Å². The number of imidazole rings is 1. The van der Waals surface area contributed by atoms with E-state index < -0.39 is 0 Å². The van der Waals surface area contributed by atoms with Crippen molar-refractivity contribution in [1.29, 1.82) is 0 Å². The Morgan fingerprint density at radius 1 is 1.12 bits per heavy atom. The Balaban J connectivity index is 1.53. The van der Waals surface area contributed by atoms with Crippen molar-refractivity contribution in [3.8, 4) is 11.4 Å². The minimum Gasteiger partial charge on any atom is -0.347 e. The summed E-state index contributed by atoms with van der Waals surface area (Å²) in [6.07, 6.45) is 5.32. The molecular weight excluding hydrogens is 446 g/mol. The number of tetrazole rings is 1. The Labute approximate surface area is 204 Å². The monoisotopic (exact) mass is 475 g/mol. The zero-order valence-corrected chi connectivity index (χ0v) is 20.1. The van der Waals surface area contributed by atoms with E-state index in [1.807, 2.05) is 47.0 Å².